The van der Waals surface area contributed by atoms with Crippen LogP contribution in [0.1, 0.15) is 29.5 Å². The summed E-state index contributed by atoms with van der Waals surface area (Å²) < 4.78 is 0. The van der Waals surface area contributed by atoms with Crippen LogP contribution in [0.5, 0.6) is 0 Å². The van der Waals surface area contributed by atoms with Crippen molar-refractivity contribution in [3.05, 3.63) is 59.2 Å². The molecule has 1 nitrogen and oxygen atoms in total. The molecular weight excluding hydrogens is 230 g/mol. The summed E-state index contributed by atoms with van der Waals surface area (Å²) in [5.74, 6) is 0. The SMILES string of the molecule is Cc1cccc2c1C1(CCNCC1)c1ccccc1-2. The van der Waals surface area contributed by atoms with E-state index in [0.29, 0.717) is 0 Å². The molecule has 0 saturated carbocycles. The molecule has 0 unspecified atom stereocenters. The molecule has 2 aromatic carbocycles. The fourth-order valence-corrected chi connectivity index (χ4v) is 4.17. The molecule has 2 aliphatic rings. The van der Waals surface area contributed by atoms with Crippen LogP contribution in [0.2, 0.25) is 0 Å². The minimum atomic E-state index is 0.266. The molecule has 96 valence electrons. The summed E-state index contributed by atoms with van der Waals surface area (Å²) in [5, 5.41) is 3.52. The molecule has 4 rings (SSSR count). The summed E-state index contributed by atoms with van der Waals surface area (Å²) in [6.45, 7) is 4.53. The maximum Gasteiger partial charge on any atom is 0.0241 e. The van der Waals surface area contributed by atoms with Crippen molar-refractivity contribution in [2.45, 2.75) is 25.2 Å². The Morgan fingerprint density at radius 2 is 1.63 bits per heavy atom. The van der Waals surface area contributed by atoms with Gasteiger partial charge in [0.25, 0.3) is 0 Å². The molecule has 1 aliphatic heterocycles. The van der Waals surface area contributed by atoms with E-state index >= 15 is 0 Å². The minimum absolute atomic E-state index is 0.266. The lowest BCUT2D eigenvalue weighted by molar-refractivity contribution is 0.368. The van der Waals surface area contributed by atoms with E-state index in [1.807, 2.05) is 0 Å². The minimum Gasteiger partial charge on any atom is -0.317 e. The van der Waals surface area contributed by atoms with Gasteiger partial charge < -0.3 is 5.32 Å². The van der Waals surface area contributed by atoms with E-state index < -0.39 is 0 Å². The van der Waals surface area contributed by atoms with E-state index in [4.69, 9.17) is 0 Å². The third-order valence-corrected chi connectivity index (χ3v) is 4.94. The van der Waals surface area contributed by atoms with E-state index in [0.717, 1.165) is 13.1 Å². The van der Waals surface area contributed by atoms with E-state index in [-0.39, 0.29) is 5.41 Å². The average Bonchev–Trinajstić information content (AvgIpc) is 2.73. The van der Waals surface area contributed by atoms with Crippen LogP contribution >= 0.6 is 0 Å². The zero-order chi connectivity index (χ0) is 12.9. The predicted molar refractivity (Wildman–Crippen MR) is 79.5 cm³/mol. The van der Waals surface area contributed by atoms with Crippen molar-refractivity contribution in [1.82, 2.24) is 5.32 Å². The molecule has 0 radical (unpaired) electrons. The van der Waals surface area contributed by atoms with Gasteiger partial charge in [0.2, 0.25) is 0 Å². The highest BCUT2D eigenvalue weighted by atomic mass is 14.9. The standard InChI is InChI=1S/C18H19N/c1-13-5-4-7-15-14-6-2-3-8-16(14)18(17(13)15)9-11-19-12-10-18/h2-8,19H,9-12H2,1H3. The van der Waals surface area contributed by atoms with Gasteiger partial charge in [-0.15, -0.1) is 0 Å². The Morgan fingerprint density at radius 1 is 0.895 bits per heavy atom. The van der Waals surface area contributed by atoms with Gasteiger partial charge in [-0.3, -0.25) is 0 Å². The zero-order valence-electron chi connectivity index (χ0n) is 11.4. The van der Waals surface area contributed by atoms with Crippen LogP contribution in [0.15, 0.2) is 42.5 Å². The van der Waals surface area contributed by atoms with Crippen molar-refractivity contribution >= 4 is 0 Å². The Balaban J connectivity index is 2.06. The van der Waals surface area contributed by atoms with Gasteiger partial charge in [0.1, 0.15) is 0 Å². The number of nitrogens with one attached hydrogen (secondary N) is 1. The van der Waals surface area contributed by atoms with Gasteiger partial charge in [0, 0.05) is 5.41 Å². The second-order valence-corrected chi connectivity index (χ2v) is 5.88. The second-order valence-electron chi connectivity index (χ2n) is 5.88. The van der Waals surface area contributed by atoms with Gasteiger partial charge in [0.05, 0.1) is 0 Å². The van der Waals surface area contributed by atoms with Crippen molar-refractivity contribution in [3.63, 3.8) is 0 Å². The van der Waals surface area contributed by atoms with Crippen LogP contribution in [0.25, 0.3) is 11.1 Å². The van der Waals surface area contributed by atoms with E-state index in [1.54, 1.807) is 11.1 Å². The molecule has 0 atom stereocenters. The first-order valence-corrected chi connectivity index (χ1v) is 7.24. The van der Waals surface area contributed by atoms with Gasteiger partial charge in [-0.05, 0) is 60.7 Å². The average molecular weight is 249 g/mol. The fraction of sp³-hybridized carbons (Fsp3) is 0.333. The lowest BCUT2D eigenvalue weighted by Gasteiger charge is -2.37. The van der Waals surface area contributed by atoms with Crippen LogP contribution in [-0.4, -0.2) is 13.1 Å². The number of hydrogen-bond donors (Lipinski definition) is 1. The smallest absolute Gasteiger partial charge is 0.0241 e. The van der Waals surface area contributed by atoms with Crippen LogP contribution in [0, 0.1) is 6.92 Å². The first kappa shape index (κ1) is 11.2. The summed E-state index contributed by atoms with van der Waals surface area (Å²) in [4.78, 5) is 0. The zero-order valence-corrected chi connectivity index (χ0v) is 11.4. The van der Waals surface area contributed by atoms with Gasteiger partial charge in [0.15, 0.2) is 0 Å². The first-order chi connectivity index (χ1) is 9.33. The van der Waals surface area contributed by atoms with Crippen LogP contribution in [0.4, 0.5) is 0 Å². The highest BCUT2D eigenvalue weighted by Gasteiger charge is 2.44. The second kappa shape index (κ2) is 3.94. The Bertz CT molecular complexity index is 636. The number of benzene rings is 2. The Labute approximate surface area is 114 Å². The van der Waals surface area contributed by atoms with Crippen LogP contribution in [-0.2, 0) is 5.41 Å². The highest BCUT2D eigenvalue weighted by Crippen LogP contribution is 2.54. The normalized spacial score (nSPS) is 19.2. The summed E-state index contributed by atoms with van der Waals surface area (Å²) in [6, 6.07) is 15.8. The molecule has 0 amide bonds. The fourth-order valence-electron chi connectivity index (χ4n) is 4.17. The molecule has 19 heavy (non-hydrogen) atoms. The van der Waals surface area contributed by atoms with Crippen molar-refractivity contribution in [1.29, 1.82) is 0 Å². The third-order valence-electron chi connectivity index (χ3n) is 4.94. The van der Waals surface area contributed by atoms with Gasteiger partial charge in [-0.25, -0.2) is 0 Å². The van der Waals surface area contributed by atoms with Gasteiger partial charge >= 0.3 is 0 Å². The quantitative estimate of drug-likeness (QED) is 0.751. The molecule has 1 heterocycles. The molecular formula is C18H19N. The first-order valence-electron chi connectivity index (χ1n) is 7.24. The van der Waals surface area contributed by atoms with Crippen molar-refractivity contribution in [2.75, 3.05) is 13.1 Å². The molecule has 0 aromatic heterocycles. The summed E-state index contributed by atoms with van der Waals surface area (Å²) in [7, 11) is 0. The number of piperidine rings is 1. The van der Waals surface area contributed by atoms with Crippen molar-refractivity contribution < 1.29 is 0 Å². The lowest BCUT2D eigenvalue weighted by atomic mass is 9.70. The monoisotopic (exact) mass is 249 g/mol. The van der Waals surface area contributed by atoms with E-state index in [1.165, 1.54) is 29.5 Å². The van der Waals surface area contributed by atoms with Gasteiger partial charge in [-0.1, -0.05) is 42.5 Å². The molecule has 1 spiro atoms. The van der Waals surface area contributed by atoms with Crippen molar-refractivity contribution in [3.8, 4) is 11.1 Å². The van der Waals surface area contributed by atoms with E-state index in [9.17, 15) is 0 Å². The summed E-state index contributed by atoms with van der Waals surface area (Å²) in [5.41, 5.74) is 7.80. The topological polar surface area (TPSA) is 12.0 Å². The number of fused-ring (bicyclic) bond motifs is 5. The Kier molecular flexibility index (Phi) is 2.33. The summed E-state index contributed by atoms with van der Waals surface area (Å²) >= 11 is 0. The molecule has 1 N–H and O–H groups in total. The molecule has 1 saturated heterocycles. The van der Waals surface area contributed by atoms with Crippen LogP contribution in [0.3, 0.4) is 0 Å². The van der Waals surface area contributed by atoms with Crippen molar-refractivity contribution in [2.24, 2.45) is 0 Å². The number of hydrogen-bond acceptors (Lipinski definition) is 1. The maximum absolute atomic E-state index is 3.52. The molecule has 2 aromatic rings. The maximum atomic E-state index is 3.52. The Morgan fingerprint density at radius 3 is 2.47 bits per heavy atom. The third kappa shape index (κ3) is 1.39. The lowest BCUT2D eigenvalue weighted by Crippen LogP contribution is -2.39. The van der Waals surface area contributed by atoms with E-state index in [2.05, 4.69) is 54.7 Å². The largest absolute Gasteiger partial charge is 0.317 e. The number of rotatable bonds is 0. The van der Waals surface area contributed by atoms with Gasteiger partial charge in [-0.2, -0.15) is 0 Å². The predicted octanol–water partition coefficient (Wildman–Crippen LogP) is 3.64. The molecule has 1 heteroatoms. The number of aryl methyl sites for hydroxylation is 1. The molecule has 1 aliphatic carbocycles. The molecule has 0 bridgehead atoms. The van der Waals surface area contributed by atoms with Crippen LogP contribution < -0.4 is 5.32 Å². The summed E-state index contributed by atoms with van der Waals surface area (Å²) in [6.07, 6.45) is 2.45. The Hall–Kier alpha value is -1.60. The molecule has 1 fully saturated rings. The highest BCUT2D eigenvalue weighted by molar-refractivity contribution is 5.82.